The number of benzene rings is 1. The van der Waals surface area contributed by atoms with E-state index in [1.807, 2.05) is 18.2 Å². The molecule has 2 nitrogen and oxygen atoms in total. The lowest BCUT2D eigenvalue weighted by Crippen LogP contribution is -2.11. The summed E-state index contributed by atoms with van der Waals surface area (Å²) in [5.74, 6) is 0. The largest absolute Gasteiger partial charge is 0.396 e. The van der Waals surface area contributed by atoms with Gasteiger partial charge < -0.3 is 11.1 Å². The van der Waals surface area contributed by atoms with Crippen LogP contribution in [-0.4, -0.2) is 0 Å². The molecule has 0 saturated heterocycles. The van der Waals surface area contributed by atoms with Gasteiger partial charge in [0.25, 0.3) is 0 Å². The Hall–Kier alpha value is -0.260. The molecule has 0 saturated carbocycles. The van der Waals surface area contributed by atoms with Crippen LogP contribution in [0.1, 0.15) is 10.4 Å². The summed E-state index contributed by atoms with van der Waals surface area (Å²) < 4.78 is 1.14. The van der Waals surface area contributed by atoms with E-state index in [0.29, 0.717) is 22.3 Å². The van der Waals surface area contributed by atoms with Crippen molar-refractivity contribution in [1.82, 2.24) is 5.32 Å². The molecule has 0 aliphatic heterocycles. The second kappa shape index (κ2) is 6.26. The first-order valence-electron chi connectivity index (χ1n) is 5.24. The van der Waals surface area contributed by atoms with Gasteiger partial charge in [-0.1, -0.05) is 23.2 Å². The van der Waals surface area contributed by atoms with Crippen LogP contribution < -0.4 is 11.1 Å². The van der Waals surface area contributed by atoms with Crippen LogP contribution in [0.2, 0.25) is 10.0 Å². The van der Waals surface area contributed by atoms with E-state index < -0.39 is 0 Å². The van der Waals surface area contributed by atoms with E-state index in [1.165, 1.54) is 4.88 Å². The molecule has 1 aromatic carbocycles. The van der Waals surface area contributed by atoms with Gasteiger partial charge in [-0.15, -0.1) is 11.3 Å². The predicted molar refractivity (Wildman–Crippen MR) is 83.4 cm³/mol. The number of hydrogen-bond acceptors (Lipinski definition) is 3. The van der Waals surface area contributed by atoms with Crippen LogP contribution in [0.4, 0.5) is 5.69 Å². The van der Waals surface area contributed by atoms with Gasteiger partial charge in [-0.25, -0.2) is 0 Å². The lowest BCUT2D eigenvalue weighted by atomic mass is 10.2. The Balaban J connectivity index is 1.94. The van der Waals surface area contributed by atoms with Gasteiger partial charge in [0.2, 0.25) is 0 Å². The molecule has 0 spiro atoms. The highest BCUT2D eigenvalue weighted by molar-refractivity contribution is 9.11. The Morgan fingerprint density at radius 1 is 1.17 bits per heavy atom. The Bertz CT molecular complexity index is 534. The van der Waals surface area contributed by atoms with Crippen molar-refractivity contribution >= 4 is 56.2 Å². The fourth-order valence-electron chi connectivity index (χ4n) is 1.52. The number of thiophene rings is 1. The van der Waals surface area contributed by atoms with Gasteiger partial charge in [-0.3, -0.25) is 0 Å². The van der Waals surface area contributed by atoms with Crippen LogP contribution in [0.15, 0.2) is 28.1 Å². The first-order chi connectivity index (χ1) is 8.56. The maximum atomic E-state index is 5.98. The summed E-state index contributed by atoms with van der Waals surface area (Å²) >= 11 is 17.1. The fraction of sp³-hybridized carbons (Fsp3) is 0.167. The van der Waals surface area contributed by atoms with Crippen LogP contribution in [-0.2, 0) is 13.1 Å². The topological polar surface area (TPSA) is 38.0 Å². The molecule has 2 aromatic rings. The molecule has 0 amide bonds. The number of rotatable bonds is 4. The Labute approximate surface area is 128 Å². The summed E-state index contributed by atoms with van der Waals surface area (Å²) in [7, 11) is 0. The molecular formula is C12H11BrCl2N2S. The molecule has 96 valence electrons. The predicted octanol–water partition coefficient (Wildman–Crippen LogP) is 4.69. The van der Waals surface area contributed by atoms with Crippen molar-refractivity contribution in [2.75, 3.05) is 5.73 Å². The fourth-order valence-corrected chi connectivity index (χ4v) is 3.50. The smallest absolute Gasteiger partial charge is 0.0701 e. The third kappa shape index (κ3) is 3.62. The molecule has 6 heteroatoms. The van der Waals surface area contributed by atoms with Gasteiger partial charge >= 0.3 is 0 Å². The monoisotopic (exact) mass is 364 g/mol. The number of nitrogens with two attached hydrogens (primary N) is 1. The molecule has 0 radical (unpaired) electrons. The summed E-state index contributed by atoms with van der Waals surface area (Å²) in [6.45, 7) is 1.52. The summed E-state index contributed by atoms with van der Waals surface area (Å²) in [6, 6.07) is 7.80. The maximum absolute atomic E-state index is 5.98. The summed E-state index contributed by atoms with van der Waals surface area (Å²) in [4.78, 5) is 1.27. The minimum absolute atomic E-state index is 0.435. The van der Waals surface area contributed by atoms with Crippen molar-refractivity contribution in [3.63, 3.8) is 0 Å². The normalized spacial score (nSPS) is 10.8. The minimum atomic E-state index is 0.435. The molecule has 0 aliphatic carbocycles. The molecule has 0 unspecified atom stereocenters. The molecule has 0 atom stereocenters. The third-order valence-electron chi connectivity index (χ3n) is 2.40. The zero-order chi connectivity index (χ0) is 13.1. The van der Waals surface area contributed by atoms with Crippen LogP contribution >= 0.6 is 50.5 Å². The zero-order valence-electron chi connectivity index (χ0n) is 9.34. The van der Waals surface area contributed by atoms with Gasteiger partial charge in [0.15, 0.2) is 0 Å². The van der Waals surface area contributed by atoms with Crippen LogP contribution in [0.5, 0.6) is 0 Å². The maximum Gasteiger partial charge on any atom is 0.0701 e. The van der Waals surface area contributed by atoms with E-state index in [1.54, 1.807) is 11.3 Å². The van der Waals surface area contributed by atoms with E-state index in [9.17, 15) is 0 Å². The average molecular weight is 366 g/mol. The van der Waals surface area contributed by atoms with E-state index in [-0.39, 0.29) is 0 Å². The number of anilines is 1. The number of halogens is 3. The standard InChI is InChI=1S/C12H11BrCl2N2S/c13-11-2-1-8(18-11)6-17-5-7-3-9(14)12(16)10(15)4-7/h1-4,17H,5-6,16H2. The molecule has 3 N–H and O–H groups in total. The summed E-state index contributed by atoms with van der Waals surface area (Å²) in [5, 5.41) is 4.33. The van der Waals surface area contributed by atoms with Crippen molar-refractivity contribution in [1.29, 1.82) is 0 Å². The quantitative estimate of drug-likeness (QED) is 0.771. The first-order valence-corrected chi connectivity index (χ1v) is 7.61. The molecule has 0 bridgehead atoms. The number of hydrogen-bond donors (Lipinski definition) is 2. The van der Waals surface area contributed by atoms with Crippen molar-refractivity contribution in [3.8, 4) is 0 Å². The number of nitrogen functional groups attached to an aromatic ring is 1. The molecule has 0 aliphatic rings. The molecular weight excluding hydrogens is 355 g/mol. The SMILES string of the molecule is Nc1c(Cl)cc(CNCc2ccc(Br)s2)cc1Cl. The molecule has 1 heterocycles. The second-order valence-corrected chi connectivity index (χ2v) is 7.14. The lowest BCUT2D eigenvalue weighted by Gasteiger charge is -2.07. The molecule has 0 fully saturated rings. The number of nitrogens with one attached hydrogen (secondary N) is 1. The van der Waals surface area contributed by atoms with Gasteiger partial charge in [-0.2, -0.15) is 0 Å². The first kappa shape index (κ1) is 14.2. The van der Waals surface area contributed by atoms with Crippen LogP contribution in [0.25, 0.3) is 0 Å². The van der Waals surface area contributed by atoms with E-state index in [0.717, 1.165) is 15.9 Å². The minimum Gasteiger partial charge on any atom is -0.396 e. The Morgan fingerprint density at radius 3 is 2.39 bits per heavy atom. The highest BCUT2D eigenvalue weighted by Crippen LogP contribution is 2.28. The van der Waals surface area contributed by atoms with Crippen molar-refractivity contribution in [2.45, 2.75) is 13.1 Å². The van der Waals surface area contributed by atoms with Gasteiger partial charge in [0, 0.05) is 18.0 Å². The van der Waals surface area contributed by atoms with E-state index in [4.69, 9.17) is 28.9 Å². The average Bonchev–Trinajstić information content (AvgIpc) is 2.72. The Morgan fingerprint density at radius 2 is 1.83 bits per heavy atom. The zero-order valence-corrected chi connectivity index (χ0v) is 13.3. The van der Waals surface area contributed by atoms with Crippen molar-refractivity contribution < 1.29 is 0 Å². The molecule has 2 rings (SSSR count). The highest BCUT2D eigenvalue weighted by atomic mass is 79.9. The Kier molecular flexibility index (Phi) is 4.92. The highest BCUT2D eigenvalue weighted by Gasteiger charge is 2.05. The van der Waals surface area contributed by atoms with E-state index in [2.05, 4.69) is 27.3 Å². The lowest BCUT2D eigenvalue weighted by molar-refractivity contribution is 0.701. The van der Waals surface area contributed by atoms with Crippen LogP contribution in [0, 0.1) is 0 Å². The van der Waals surface area contributed by atoms with E-state index >= 15 is 0 Å². The third-order valence-corrected chi connectivity index (χ3v) is 4.65. The summed E-state index contributed by atoms with van der Waals surface area (Å²) in [6.07, 6.45) is 0. The second-order valence-electron chi connectivity index (χ2n) is 3.78. The van der Waals surface area contributed by atoms with Gasteiger partial charge in [0.1, 0.15) is 0 Å². The van der Waals surface area contributed by atoms with Gasteiger partial charge in [-0.05, 0) is 45.8 Å². The van der Waals surface area contributed by atoms with Crippen molar-refractivity contribution in [2.24, 2.45) is 0 Å². The van der Waals surface area contributed by atoms with Gasteiger partial charge in [0.05, 0.1) is 19.5 Å². The van der Waals surface area contributed by atoms with Crippen molar-refractivity contribution in [3.05, 3.63) is 48.5 Å². The molecule has 18 heavy (non-hydrogen) atoms. The summed E-state index contributed by atoms with van der Waals surface area (Å²) in [5.41, 5.74) is 7.14. The molecule has 1 aromatic heterocycles. The van der Waals surface area contributed by atoms with Crippen LogP contribution in [0.3, 0.4) is 0 Å².